The minimum atomic E-state index is -0.422. The molecule has 1 aromatic rings. The molecule has 0 saturated carbocycles. The van der Waals surface area contributed by atoms with Gasteiger partial charge in [-0.25, -0.2) is 4.79 Å². The van der Waals surface area contributed by atoms with Gasteiger partial charge in [-0.3, -0.25) is 0 Å². The lowest BCUT2D eigenvalue weighted by Crippen LogP contribution is -1.93. The third kappa shape index (κ3) is 2.99. The van der Waals surface area contributed by atoms with Crippen molar-refractivity contribution >= 4 is 23.6 Å². The normalized spacial score (nSPS) is 10.3. The Morgan fingerprint density at radius 3 is 2.73 bits per heavy atom. The Morgan fingerprint density at radius 2 is 2.13 bits per heavy atom. The Hall–Kier alpha value is -1.48. The molecule has 0 aliphatic heterocycles. The van der Waals surface area contributed by atoms with Crippen LogP contribution in [0.5, 0.6) is 5.75 Å². The van der Waals surface area contributed by atoms with Gasteiger partial charge in [-0.05, 0) is 17.7 Å². The lowest BCUT2D eigenvalue weighted by Gasteiger charge is -2.04. The van der Waals surface area contributed by atoms with Gasteiger partial charge in [-0.15, -0.1) is 0 Å². The number of benzene rings is 1. The SMILES string of the molecule is COC(=O)/C=C/c1cccc(OC)c1Cl. The third-order valence-corrected chi connectivity index (χ3v) is 2.22. The quantitative estimate of drug-likeness (QED) is 0.587. The maximum absolute atomic E-state index is 10.9. The standard InChI is InChI=1S/C11H11ClO3/c1-14-9-5-3-4-8(11(9)12)6-7-10(13)15-2/h3-7H,1-2H3/b7-6+. The summed E-state index contributed by atoms with van der Waals surface area (Å²) in [6, 6.07) is 5.32. The molecule has 0 fully saturated rings. The molecule has 0 aromatic heterocycles. The second-order valence-corrected chi connectivity index (χ2v) is 3.10. The number of carbonyl (C=O) groups is 1. The molecule has 0 radical (unpaired) electrons. The minimum Gasteiger partial charge on any atom is -0.495 e. The monoisotopic (exact) mass is 226 g/mol. The van der Waals surface area contributed by atoms with Crippen LogP contribution in [0.1, 0.15) is 5.56 Å². The van der Waals surface area contributed by atoms with E-state index in [4.69, 9.17) is 16.3 Å². The summed E-state index contributed by atoms with van der Waals surface area (Å²) in [6.45, 7) is 0. The Bertz CT molecular complexity index is 385. The highest BCUT2D eigenvalue weighted by Crippen LogP contribution is 2.28. The lowest BCUT2D eigenvalue weighted by molar-refractivity contribution is -0.134. The van der Waals surface area contributed by atoms with Crippen LogP contribution in [0, 0.1) is 0 Å². The average Bonchev–Trinajstić information content (AvgIpc) is 2.27. The molecule has 4 heteroatoms. The van der Waals surface area contributed by atoms with Crippen molar-refractivity contribution in [1.29, 1.82) is 0 Å². The van der Waals surface area contributed by atoms with Crippen molar-refractivity contribution in [2.75, 3.05) is 14.2 Å². The van der Waals surface area contributed by atoms with E-state index in [1.54, 1.807) is 24.3 Å². The van der Waals surface area contributed by atoms with E-state index in [9.17, 15) is 4.79 Å². The van der Waals surface area contributed by atoms with Crippen LogP contribution in [0.4, 0.5) is 0 Å². The van der Waals surface area contributed by atoms with Gasteiger partial charge in [0.1, 0.15) is 5.75 Å². The molecule has 0 amide bonds. The maximum Gasteiger partial charge on any atom is 0.330 e. The van der Waals surface area contributed by atoms with E-state index in [-0.39, 0.29) is 0 Å². The molecule has 0 unspecified atom stereocenters. The number of carbonyl (C=O) groups excluding carboxylic acids is 1. The first-order chi connectivity index (χ1) is 7.19. The molecular weight excluding hydrogens is 216 g/mol. The number of esters is 1. The molecule has 0 spiro atoms. The smallest absolute Gasteiger partial charge is 0.330 e. The van der Waals surface area contributed by atoms with Crippen molar-refractivity contribution < 1.29 is 14.3 Å². The Labute approximate surface area is 93.3 Å². The van der Waals surface area contributed by atoms with E-state index >= 15 is 0 Å². The van der Waals surface area contributed by atoms with Gasteiger partial charge in [0.05, 0.1) is 19.2 Å². The van der Waals surface area contributed by atoms with E-state index in [2.05, 4.69) is 4.74 Å². The molecule has 1 aromatic carbocycles. The van der Waals surface area contributed by atoms with Gasteiger partial charge in [0.25, 0.3) is 0 Å². The van der Waals surface area contributed by atoms with E-state index in [1.807, 2.05) is 0 Å². The van der Waals surface area contributed by atoms with Gasteiger partial charge in [0, 0.05) is 6.08 Å². The minimum absolute atomic E-state index is 0.422. The van der Waals surface area contributed by atoms with Crippen molar-refractivity contribution in [2.45, 2.75) is 0 Å². The predicted molar refractivity (Wildman–Crippen MR) is 59.1 cm³/mol. The first-order valence-corrected chi connectivity index (χ1v) is 4.65. The summed E-state index contributed by atoms with van der Waals surface area (Å²) < 4.78 is 9.51. The Kier molecular flexibility index (Phi) is 4.18. The largest absolute Gasteiger partial charge is 0.495 e. The summed E-state index contributed by atoms with van der Waals surface area (Å²) in [4.78, 5) is 10.9. The summed E-state index contributed by atoms with van der Waals surface area (Å²) in [5, 5.41) is 0.472. The van der Waals surface area contributed by atoms with Crippen molar-refractivity contribution in [3.63, 3.8) is 0 Å². The molecule has 0 aliphatic rings. The van der Waals surface area contributed by atoms with E-state index in [0.717, 1.165) is 0 Å². The molecule has 0 saturated heterocycles. The van der Waals surface area contributed by atoms with Crippen LogP contribution >= 0.6 is 11.6 Å². The van der Waals surface area contributed by atoms with Crippen molar-refractivity contribution in [3.05, 3.63) is 34.9 Å². The van der Waals surface area contributed by atoms with Crippen LogP contribution in [0.25, 0.3) is 6.08 Å². The molecule has 0 heterocycles. The summed E-state index contributed by atoms with van der Waals surface area (Å²) in [6.07, 6.45) is 2.89. The fraction of sp³-hybridized carbons (Fsp3) is 0.182. The number of rotatable bonds is 3. The molecule has 15 heavy (non-hydrogen) atoms. The number of halogens is 1. The van der Waals surface area contributed by atoms with Crippen LogP contribution in [-0.4, -0.2) is 20.2 Å². The second kappa shape index (κ2) is 5.41. The number of methoxy groups -OCH3 is 2. The van der Waals surface area contributed by atoms with Crippen LogP contribution in [0.15, 0.2) is 24.3 Å². The van der Waals surface area contributed by atoms with Crippen molar-refractivity contribution in [3.8, 4) is 5.75 Å². The lowest BCUT2D eigenvalue weighted by atomic mass is 10.2. The van der Waals surface area contributed by atoms with Crippen molar-refractivity contribution in [2.24, 2.45) is 0 Å². The highest BCUT2D eigenvalue weighted by Gasteiger charge is 2.03. The van der Waals surface area contributed by atoms with E-state index in [1.165, 1.54) is 20.3 Å². The Morgan fingerprint density at radius 1 is 1.40 bits per heavy atom. The van der Waals surface area contributed by atoms with Crippen molar-refractivity contribution in [1.82, 2.24) is 0 Å². The zero-order valence-electron chi connectivity index (χ0n) is 8.49. The van der Waals surface area contributed by atoms with Gasteiger partial charge in [0.2, 0.25) is 0 Å². The summed E-state index contributed by atoms with van der Waals surface area (Å²) in [7, 11) is 2.86. The first-order valence-electron chi connectivity index (χ1n) is 4.27. The molecule has 1 rings (SSSR count). The molecule has 80 valence electrons. The summed E-state index contributed by atoms with van der Waals surface area (Å²) in [5.41, 5.74) is 0.710. The zero-order valence-corrected chi connectivity index (χ0v) is 9.25. The van der Waals surface area contributed by atoms with Crippen LogP contribution in [0.2, 0.25) is 5.02 Å². The maximum atomic E-state index is 10.9. The summed E-state index contributed by atoms with van der Waals surface area (Å²) >= 11 is 6.01. The fourth-order valence-corrected chi connectivity index (χ4v) is 1.31. The van der Waals surface area contributed by atoms with Gasteiger partial charge in [-0.2, -0.15) is 0 Å². The van der Waals surface area contributed by atoms with Crippen LogP contribution in [0.3, 0.4) is 0 Å². The van der Waals surface area contributed by atoms with E-state index in [0.29, 0.717) is 16.3 Å². The molecule has 0 N–H and O–H groups in total. The molecule has 0 bridgehead atoms. The number of ether oxygens (including phenoxy) is 2. The topological polar surface area (TPSA) is 35.5 Å². The van der Waals surface area contributed by atoms with Gasteiger partial charge in [0.15, 0.2) is 0 Å². The van der Waals surface area contributed by atoms with Gasteiger partial charge in [-0.1, -0.05) is 23.7 Å². The third-order valence-electron chi connectivity index (χ3n) is 1.81. The molecule has 3 nitrogen and oxygen atoms in total. The summed E-state index contributed by atoms with van der Waals surface area (Å²) in [5.74, 6) is 0.151. The van der Waals surface area contributed by atoms with Gasteiger partial charge >= 0.3 is 5.97 Å². The number of hydrogen-bond acceptors (Lipinski definition) is 3. The average molecular weight is 227 g/mol. The molecule has 0 atom stereocenters. The molecule has 0 aliphatic carbocycles. The highest BCUT2D eigenvalue weighted by atomic mass is 35.5. The zero-order chi connectivity index (χ0) is 11.3. The first kappa shape index (κ1) is 11.6. The van der Waals surface area contributed by atoms with Gasteiger partial charge < -0.3 is 9.47 Å². The van der Waals surface area contributed by atoms with Crippen LogP contribution < -0.4 is 4.74 Å². The highest BCUT2D eigenvalue weighted by molar-refractivity contribution is 6.33. The fourth-order valence-electron chi connectivity index (χ4n) is 1.04. The Balaban J connectivity index is 2.95. The second-order valence-electron chi connectivity index (χ2n) is 2.72. The number of hydrogen-bond donors (Lipinski definition) is 0. The van der Waals surface area contributed by atoms with Crippen LogP contribution in [-0.2, 0) is 9.53 Å². The van der Waals surface area contributed by atoms with E-state index < -0.39 is 5.97 Å². The predicted octanol–water partition coefficient (Wildman–Crippen LogP) is 2.53. The molecular formula is C11H11ClO3.